The molecule has 0 aromatic carbocycles. The molecule has 6 heavy (non-hydrogen) atoms. The molecular formula is C2H2F3I. The molecule has 0 aromatic heterocycles. The van der Waals surface area contributed by atoms with Crippen LogP contribution in [0.3, 0.4) is 0 Å². The molecule has 0 N–H and O–H groups in total. The molecule has 0 aliphatic rings. The van der Waals surface area contributed by atoms with E-state index in [0.717, 1.165) is 22.6 Å². The van der Waals surface area contributed by atoms with Gasteiger partial charge < -0.3 is 0 Å². The van der Waals surface area contributed by atoms with Crippen molar-refractivity contribution in [3.8, 4) is 0 Å². The van der Waals surface area contributed by atoms with Gasteiger partial charge in [0.15, 0.2) is 6.67 Å². The second-order valence-electron chi connectivity index (χ2n) is 0.749. The molecule has 0 aliphatic heterocycles. The normalized spacial score (nSPS) is 12.0. The van der Waals surface area contributed by atoms with Crippen molar-refractivity contribution in [1.82, 2.24) is 0 Å². The zero-order chi connectivity index (χ0) is 5.21. The Hall–Kier alpha value is 0.520. The third-order valence-corrected chi connectivity index (χ3v) is 0.440. The van der Waals surface area contributed by atoms with Crippen LogP contribution in [0.4, 0.5) is 13.2 Å². The number of hydrogen-bond donors (Lipinski definition) is 0. The van der Waals surface area contributed by atoms with E-state index >= 15 is 0 Å². The first kappa shape index (κ1) is 6.52. The number of halogens is 4. The predicted octanol–water partition coefficient (Wildman–Crippen LogP) is 1.98. The van der Waals surface area contributed by atoms with E-state index < -0.39 is 10.6 Å². The summed E-state index contributed by atoms with van der Waals surface area (Å²) in [7, 11) is 0. The van der Waals surface area contributed by atoms with Gasteiger partial charge in [0, 0.05) is 22.6 Å². The van der Waals surface area contributed by atoms with Crippen molar-refractivity contribution in [3.63, 3.8) is 0 Å². The van der Waals surface area contributed by atoms with Gasteiger partial charge in [0.1, 0.15) is 0 Å². The Bertz CT molecular complexity index is 38.5. The van der Waals surface area contributed by atoms with Crippen LogP contribution in [0, 0.1) is 0 Å². The van der Waals surface area contributed by atoms with E-state index in [9.17, 15) is 13.2 Å². The Morgan fingerprint density at radius 3 is 1.67 bits per heavy atom. The molecule has 0 heterocycles. The number of hydrogen-bond acceptors (Lipinski definition) is 0. The third kappa shape index (κ3) is 4.52. The average Bonchev–Trinajstić information content (AvgIpc) is 1.35. The molecule has 0 saturated carbocycles. The quantitative estimate of drug-likeness (QED) is 0.458. The molecule has 4 heteroatoms. The van der Waals surface area contributed by atoms with Crippen LogP contribution in [0.15, 0.2) is 0 Å². The fourth-order valence-corrected chi connectivity index (χ4v) is 0. The zero-order valence-corrected chi connectivity index (χ0v) is 4.88. The Balaban J connectivity index is 3.17. The first-order valence-electron chi connectivity index (χ1n) is 1.19. The van der Waals surface area contributed by atoms with Gasteiger partial charge in [0.05, 0.1) is 0 Å². The molecule has 0 bridgehead atoms. The van der Waals surface area contributed by atoms with Crippen LogP contribution in [0.25, 0.3) is 0 Å². The molecule has 0 nitrogen and oxygen atoms in total. The maximum absolute atomic E-state index is 11.1. The van der Waals surface area contributed by atoms with E-state index in [0.29, 0.717) is 0 Å². The fraction of sp³-hybridized carbons (Fsp3) is 1.00. The summed E-state index contributed by atoms with van der Waals surface area (Å²) in [5.41, 5.74) is 0. The third-order valence-electron chi connectivity index (χ3n) is 0.152. The number of rotatable bonds is 1. The summed E-state index contributed by atoms with van der Waals surface area (Å²) in [5.74, 6) is 0. The van der Waals surface area contributed by atoms with Crippen LogP contribution in [0.5, 0.6) is 0 Å². The molecule has 0 aliphatic carbocycles. The topological polar surface area (TPSA) is 0 Å². The highest BCUT2D eigenvalue weighted by atomic mass is 127. The standard InChI is InChI=1S/C2H2F3I/c3-1-2(4,5)6/h1H2. The molecule has 0 rings (SSSR count). The van der Waals surface area contributed by atoms with Gasteiger partial charge in [0.2, 0.25) is 0 Å². The highest BCUT2D eigenvalue weighted by molar-refractivity contribution is 14.1. The van der Waals surface area contributed by atoms with Crippen molar-refractivity contribution in [2.75, 3.05) is 6.67 Å². The van der Waals surface area contributed by atoms with Crippen molar-refractivity contribution in [1.29, 1.82) is 0 Å². The predicted molar refractivity (Wildman–Crippen MR) is 24.9 cm³/mol. The largest absolute Gasteiger partial charge is 0.324 e. The van der Waals surface area contributed by atoms with E-state index in [1.165, 1.54) is 0 Å². The second-order valence-corrected chi connectivity index (χ2v) is 2.33. The first-order chi connectivity index (χ1) is 2.56. The lowest BCUT2D eigenvalue weighted by Crippen LogP contribution is -2.05. The van der Waals surface area contributed by atoms with Gasteiger partial charge in [-0.3, -0.25) is 0 Å². The van der Waals surface area contributed by atoms with Crippen LogP contribution < -0.4 is 0 Å². The van der Waals surface area contributed by atoms with Crippen LogP contribution >= 0.6 is 22.6 Å². The first-order valence-corrected chi connectivity index (χ1v) is 2.27. The van der Waals surface area contributed by atoms with Gasteiger partial charge in [-0.05, 0) is 0 Å². The summed E-state index contributed by atoms with van der Waals surface area (Å²) >= 11 is 0.732. The van der Waals surface area contributed by atoms with Crippen molar-refractivity contribution < 1.29 is 13.2 Å². The summed E-state index contributed by atoms with van der Waals surface area (Å²) < 4.78 is 29.7. The van der Waals surface area contributed by atoms with Crippen molar-refractivity contribution in [2.45, 2.75) is 3.93 Å². The number of alkyl halides is 4. The molecule has 0 unspecified atom stereocenters. The minimum absolute atomic E-state index is 0.732. The van der Waals surface area contributed by atoms with Gasteiger partial charge in [-0.1, -0.05) is 0 Å². The van der Waals surface area contributed by atoms with Crippen LogP contribution in [-0.2, 0) is 0 Å². The van der Waals surface area contributed by atoms with E-state index in [1.54, 1.807) is 0 Å². The lowest BCUT2D eigenvalue weighted by Gasteiger charge is -1.96. The maximum Gasteiger partial charge on any atom is 0.324 e. The molecule has 0 radical (unpaired) electrons. The van der Waals surface area contributed by atoms with Crippen LogP contribution in [0.2, 0.25) is 0 Å². The molecule has 0 spiro atoms. The Kier molecular flexibility index (Phi) is 2.17. The lowest BCUT2D eigenvalue weighted by atomic mass is 10.8. The Morgan fingerprint density at radius 2 is 1.67 bits per heavy atom. The van der Waals surface area contributed by atoms with E-state index in [-0.39, 0.29) is 0 Å². The van der Waals surface area contributed by atoms with Crippen molar-refractivity contribution >= 4 is 22.6 Å². The molecular weight excluding hydrogens is 208 g/mol. The van der Waals surface area contributed by atoms with Crippen LogP contribution in [-0.4, -0.2) is 10.6 Å². The van der Waals surface area contributed by atoms with Gasteiger partial charge in [-0.25, -0.2) is 4.39 Å². The molecule has 0 aromatic rings. The average molecular weight is 210 g/mol. The molecule has 0 fully saturated rings. The van der Waals surface area contributed by atoms with Gasteiger partial charge >= 0.3 is 3.93 Å². The van der Waals surface area contributed by atoms with Gasteiger partial charge in [-0.15, -0.1) is 0 Å². The molecule has 0 saturated heterocycles. The highest BCUT2D eigenvalue weighted by Gasteiger charge is 2.22. The summed E-state index contributed by atoms with van der Waals surface area (Å²) in [6, 6.07) is 0. The highest BCUT2D eigenvalue weighted by Crippen LogP contribution is 2.21. The van der Waals surface area contributed by atoms with E-state index in [1.807, 2.05) is 0 Å². The lowest BCUT2D eigenvalue weighted by molar-refractivity contribution is 0.0936. The summed E-state index contributed by atoms with van der Waals surface area (Å²) in [4.78, 5) is 0. The summed E-state index contributed by atoms with van der Waals surface area (Å²) in [6.07, 6.45) is 0. The second kappa shape index (κ2) is 1.99. The van der Waals surface area contributed by atoms with Gasteiger partial charge in [-0.2, -0.15) is 8.78 Å². The van der Waals surface area contributed by atoms with Gasteiger partial charge in [0.25, 0.3) is 0 Å². The van der Waals surface area contributed by atoms with Crippen LogP contribution in [0.1, 0.15) is 0 Å². The smallest absolute Gasteiger partial charge is 0.244 e. The molecule has 0 amide bonds. The maximum atomic E-state index is 11.1. The monoisotopic (exact) mass is 210 g/mol. The van der Waals surface area contributed by atoms with Crippen molar-refractivity contribution in [3.05, 3.63) is 0 Å². The summed E-state index contributed by atoms with van der Waals surface area (Å²) in [6.45, 7) is -1.58. The molecule has 0 atom stereocenters. The van der Waals surface area contributed by atoms with E-state index in [2.05, 4.69) is 0 Å². The molecule has 38 valence electrons. The Morgan fingerprint density at radius 1 is 1.50 bits per heavy atom. The summed E-state index contributed by atoms with van der Waals surface area (Å²) in [5, 5.41) is 0. The minimum Gasteiger partial charge on any atom is -0.244 e. The fourth-order valence-electron chi connectivity index (χ4n) is 0. The Labute approximate surface area is 46.9 Å². The van der Waals surface area contributed by atoms with E-state index in [4.69, 9.17) is 0 Å². The minimum atomic E-state index is -3.16. The SMILES string of the molecule is FCC(F)(F)I. The zero-order valence-electron chi connectivity index (χ0n) is 2.72. The van der Waals surface area contributed by atoms with Crippen molar-refractivity contribution in [2.24, 2.45) is 0 Å².